The van der Waals surface area contributed by atoms with Crippen molar-refractivity contribution < 1.29 is 18.3 Å². The molecule has 1 heterocycles. The summed E-state index contributed by atoms with van der Waals surface area (Å²) >= 11 is 0. The van der Waals surface area contributed by atoms with Gasteiger partial charge in [-0.3, -0.25) is 4.90 Å². The van der Waals surface area contributed by atoms with Gasteiger partial charge in [-0.25, -0.2) is 13.6 Å². The molecule has 0 bridgehead atoms. The van der Waals surface area contributed by atoms with E-state index in [1.54, 1.807) is 25.7 Å². The average molecular weight is 340 g/mol. The highest BCUT2D eigenvalue weighted by Gasteiger charge is 2.38. The van der Waals surface area contributed by atoms with Crippen LogP contribution >= 0.6 is 0 Å². The Bertz CT molecular complexity index is 530. The molecule has 1 fully saturated rings. The molecule has 24 heavy (non-hydrogen) atoms. The van der Waals surface area contributed by atoms with Gasteiger partial charge in [0.15, 0.2) is 0 Å². The lowest BCUT2D eigenvalue weighted by Crippen LogP contribution is -2.44. The number of hydrogen-bond acceptors (Lipinski definition) is 3. The number of amides is 1. The van der Waals surface area contributed by atoms with Crippen LogP contribution in [0.2, 0.25) is 0 Å². The SMILES string of the molecule is CC(C)(C)OC(=O)NC1CN(C(CF)CF)CC1c1ccccc1. The molecule has 2 atom stereocenters. The number of likely N-dealkylation sites (tertiary alicyclic amines) is 1. The van der Waals surface area contributed by atoms with Gasteiger partial charge in [0.2, 0.25) is 0 Å². The predicted octanol–water partition coefficient (Wildman–Crippen LogP) is 3.29. The van der Waals surface area contributed by atoms with Crippen molar-refractivity contribution >= 4 is 6.09 Å². The highest BCUT2D eigenvalue weighted by molar-refractivity contribution is 5.68. The molecule has 1 amide bonds. The fourth-order valence-corrected chi connectivity index (χ4v) is 3.01. The Labute approximate surface area is 142 Å². The standard InChI is InChI=1S/C18H26F2N2O2/c1-18(2,3)24-17(23)21-16-12-22(14(9-19)10-20)11-15(16)13-7-5-4-6-8-13/h4-8,14-16H,9-12H2,1-3H3,(H,21,23). The molecule has 0 aromatic heterocycles. The molecule has 1 aromatic rings. The zero-order chi connectivity index (χ0) is 17.7. The van der Waals surface area contributed by atoms with Gasteiger partial charge in [0.05, 0.1) is 12.1 Å². The molecule has 134 valence electrons. The topological polar surface area (TPSA) is 41.6 Å². The van der Waals surface area contributed by atoms with E-state index in [1.165, 1.54) is 0 Å². The molecule has 0 spiro atoms. The van der Waals surface area contributed by atoms with Crippen LogP contribution in [0.4, 0.5) is 13.6 Å². The molecule has 1 aliphatic heterocycles. The Kier molecular flexibility index (Phi) is 6.15. The number of benzene rings is 1. The molecular formula is C18H26F2N2O2. The van der Waals surface area contributed by atoms with Crippen LogP contribution in [0.5, 0.6) is 0 Å². The van der Waals surface area contributed by atoms with Crippen molar-refractivity contribution in [1.29, 1.82) is 0 Å². The van der Waals surface area contributed by atoms with Crippen LogP contribution in [-0.2, 0) is 4.74 Å². The van der Waals surface area contributed by atoms with E-state index in [2.05, 4.69) is 5.32 Å². The van der Waals surface area contributed by atoms with Crippen LogP contribution in [-0.4, -0.2) is 55.1 Å². The zero-order valence-corrected chi connectivity index (χ0v) is 14.5. The summed E-state index contributed by atoms with van der Waals surface area (Å²) in [7, 11) is 0. The van der Waals surface area contributed by atoms with Crippen molar-refractivity contribution in [2.45, 2.75) is 44.4 Å². The van der Waals surface area contributed by atoms with E-state index in [1.807, 2.05) is 30.3 Å². The highest BCUT2D eigenvalue weighted by atomic mass is 19.1. The third-order valence-electron chi connectivity index (χ3n) is 4.15. The van der Waals surface area contributed by atoms with Crippen molar-refractivity contribution in [2.24, 2.45) is 0 Å². The van der Waals surface area contributed by atoms with Gasteiger partial charge in [-0.2, -0.15) is 0 Å². The Morgan fingerprint density at radius 3 is 2.42 bits per heavy atom. The number of carbonyl (C=O) groups is 1. The van der Waals surface area contributed by atoms with Gasteiger partial charge >= 0.3 is 6.09 Å². The number of nitrogens with one attached hydrogen (secondary N) is 1. The quantitative estimate of drug-likeness (QED) is 0.894. The number of halogens is 2. The number of alkyl halides is 2. The second-order valence-corrected chi connectivity index (χ2v) is 7.19. The van der Waals surface area contributed by atoms with E-state index in [-0.39, 0.29) is 12.0 Å². The molecule has 0 aliphatic carbocycles. The largest absolute Gasteiger partial charge is 0.444 e. The summed E-state index contributed by atoms with van der Waals surface area (Å²) in [4.78, 5) is 13.9. The second-order valence-electron chi connectivity index (χ2n) is 7.19. The maximum absolute atomic E-state index is 13.1. The third-order valence-corrected chi connectivity index (χ3v) is 4.15. The fourth-order valence-electron chi connectivity index (χ4n) is 3.01. The van der Waals surface area contributed by atoms with Crippen LogP contribution in [0.25, 0.3) is 0 Å². The van der Waals surface area contributed by atoms with Gasteiger partial charge in [-0.15, -0.1) is 0 Å². The van der Waals surface area contributed by atoms with E-state index in [9.17, 15) is 13.6 Å². The molecule has 1 aromatic carbocycles. The lowest BCUT2D eigenvalue weighted by Gasteiger charge is -2.24. The highest BCUT2D eigenvalue weighted by Crippen LogP contribution is 2.29. The van der Waals surface area contributed by atoms with Gasteiger partial charge < -0.3 is 10.1 Å². The average Bonchev–Trinajstić information content (AvgIpc) is 2.91. The first-order valence-electron chi connectivity index (χ1n) is 8.24. The molecule has 1 aliphatic rings. The molecular weight excluding hydrogens is 314 g/mol. The number of hydrogen-bond donors (Lipinski definition) is 1. The number of nitrogens with zero attached hydrogens (tertiary/aromatic N) is 1. The van der Waals surface area contributed by atoms with E-state index >= 15 is 0 Å². The summed E-state index contributed by atoms with van der Waals surface area (Å²) in [6.45, 7) is 4.81. The van der Waals surface area contributed by atoms with Crippen LogP contribution in [0.3, 0.4) is 0 Å². The normalized spacial score (nSPS) is 21.9. The Hall–Kier alpha value is -1.69. The van der Waals surface area contributed by atoms with E-state index in [4.69, 9.17) is 4.74 Å². The Balaban J connectivity index is 2.13. The van der Waals surface area contributed by atoms with E-state index in [0.717, 1.165) is 5.56 Å². The molecule has 2 rings (SSSR count). The van der Waals surface area contributed by atoms with Crippen LogP contribution in [0.15, 0.2) is 30.3 Å². The van der Waals surface area contributed by atoms with Crippen molar-refractivity contribution in [3.63, 3.8) is 0 Å². The van der Waals surface area contributed by atoms with Gasteiger partial charge in [0.1, 0.15) is 19.0 Å². The summed E-state index contributed by atoms with van der Waals surface area (Å²) in [6, 6.07) is 8.69. The molecule has 4 nitrogen and oxygen atoms in total. The number of rotatable bonds is 5. The maximum atomic E-state index is 13.1. The number of carbonyl (C=O) groups excluding carboxylic acids is 1. The molecule has 6 heteroatoms. The van der Waals surface area contributed by atoms with Crippen molar-refractivity contribution in [3.05, 3.63) is 35.9 Å². The summed E-state index contributed by atoms with van der Waals surface area (Å²) in [5, 5.41) is 2.87. The first-order chi connectivity index (χ1) is 11.3. The number of ether oxygens (including phenoxy) is 1. The van der Waals surface area contributed by atoms with Crippen LogP contribution < -0.4 is 5.32 Å². The maximum Gasteiger partial charge on any atom is 0.407 e. The minimum absolute atomic E-state index is 0.0284. The minimum atomic E-state index is -0.762. The summed E-state index contributed by atoms with van der Waals surface area (Å²) in [5.41, 5.74) is 0.447. The molecule has 0 radical (unpaired) electrons. The first kappa shape index (κ1) is 18.6. The van der Waals surface area contributed by atoms with Gasteiger partial charge in [0.25, 0.3) is 0 Å². The van der Waals surface area contributed by atoms with Crippen molar-refractivity contribution in [2.75, 3.05) is 26.4 Å². The zero-order valence-electron chi connectivity index (χ0n) is 14.5. The van der Waals surface area contributed by atoms with Gasteiger partial charge in [-0.1, -0.05) is 30.3 Å². The van der Waals surface area contributed by atoms with Crippen molar-refractivity contribution in [3.8, 4) is 0 Å². The molecule has 1 N–H and O–H groups in total. The predicted molar refractivity (Wildman–Crippen MR) is 89.7 cm³/mol. The summed E-state index contributed by atoms with van der Waals surface area (Å²) < 4.78 is 31.4. The minimum Gasteiger partial charge on any atom is -0.444 e. The number of alkyl carbamates (subject to hydrolysis) is 1. The van der Waals surface area contributed by atoms with Gasteiger partial charge in [-0.05, 0) is 26.3 Å². The first-order valence-corrected chi connectivity index (χ1v) is 8.24. The van der Waals surface area contributed by atoms with Crippen LogP contribution in [0.1, 0.15) is 32.3 Å². The van der Waals surface area contributed by atoms with E-state index in [0.29, 0.717) is 13.1 Å². The van der Waals surface area contributed by atoms with Crippen LogP contribution in [0, 0.1) is 0 Å². The smallest absolute Gasteiger partial charge is 0.407 e. The Morgan fingerprint density at radius 2 is 1.88 bits per heavy atom. The lowest BCUT2D eigenvalue weighted by atomic mass is 9.94. The van der Waals surface area contributed by atoms with E-state index < -0.39 is 31.1 Å². The lowest BCUT2D eigenvalue weighted by molar-refractivity contribution is 0.0500. The molecule has 1 saturated heterocycles. The Morgan fingerprint density at radius 1 is 1.25 bits per heavy atom. The summed E-state index contributed by atoms with van der Waals surface area (Å²) in [6.07, 6.45) is -0.507. The summed E-state index contributed by atoms with van der Waals surface area (Å²) in [5.74, 6) is -0.0284. The third kappa shape index (κ3) is 4.90. The van der Waals surface area contributed by atoms with Crippen molar-refractivity contribution in [1.82, 2.24) is 10.2 Å². The van der Waals surface area contributed by atoms with Gasteiger partial charge in [0, 0.05) is 19.0 Å². The monoisotopic (exact) mass is 340 g/mol. The second kappa shape index (κ2) is 7.92. The molecule has 0 saturated carbocycles. The fraction of sp³-hybridized carbons (Fsp3) is 0.611. The molecule has 2 unspecified atom stereocenters.